The molecule has 0 radical (unpaired) electrons. The number of benzene rings is 2. The van der Waals surface area contributed by atoms with E-state index >= 15 is 0 Å². The smallest absolute Gasteiger partial charge is 0.0900 e. The summed E-state index contributed by atoms with van der Waals surface area (Å²) < 4.78 is 7.44. The number of ether oxygens (including phenoxy) is 1. The van der Waals surface area contributed by atoms with Crippen molar-refractivity contribution in [3.63, 3.8) is 0 Å². The molecule has 0 aliphatic heterocycles. The Morgan fingerprint density at radius 1 is 0.903 bits per heavy atom. The van der Waals surface area contributed by atoms with Crippen molar-refractivity contribution in [2.45, 2.75) is 51.9 Å². The molecule has 31 heavy (non-hydrogen) atoms. The maximum absolute atomic E-state index is 10.3. The van der Waals surface area contributed by atoms with Gasteiger partial charge in [-0.1, -0.05) is 75.4 Å². The number of methoxy groups -OCH3 is 1. The molecule has 0 spiro atoms. The summed E-state index contributed by atoms with van der Waals surface area (Å²) in [4.78, 5) is 2.29. The van der Waals surface area contributed by atoms with Crippen molar-refractivity contribution < 1.29 is 9.84 Å². The van der Waals surface area contributed by atoms with E-state index in [2.05, 4.69) is 97.1 Å². The molecule has 1 aromatic heterocycles. The molecule has 0 aliphatic rings. The van der Waals surface area contributed by atoms with E-state index in [9.17, 15) is 5.11 Å². The van der Waals surface area contributed by atoms with Gasteiger partial charge in [0.2, 0.25) is 0 Å². The lowest BCUT2D eigenvalue weighted by Crippen LogP contribution is -2.34. The SMILES string of the molecule is COC[C@H](O)CN(Cc1ccccc1)Cc1cccn1Cc1ccc(C(C)(C)C)cc1. The Morgan fingerprint density at radius 2 is 1.61 bits per heavy atom. The summed E-state index contributed by atoms with van der Waals surface area (Å²) in [5.74, 6) is 0. The van der Waals surface area contributed by atoms with E-state index in [1.54, 1.807) is 7.11 Å². The lowest BCUT2D eigenvalue weighted by Gasteiger charge is -2.26. The highest BCUT2D eigenvalue weighted by Crippen LogP contribution is 2.23. The van der Waals surface area contributed by atoms with Gasteiger partial charge >= 0.3 is 0 Å². The van der Waals surface area contributed by atoms with E-state index in [1.807, 2.05) is 6.07 Å². The van der Waals surface area contributed by atoms with Gasteiger partial charge in [0, 0.05) is 45.2 Å². The number of aromatic nitrogens is 1. The Bertz CT molecular complexity index is 910. The van der Waals surface area contributed by atoms with Gasteiger partial charge in [-0.25, -0.2) is 0 Å². The molecule has 0 bridgehead atoms. The average Bonchev–Trinajstić information content (AvgIpc) is 3.15. The number of hydrogen-bond donors (Lipinski definition) is 1. The van der Waals surface area contributed by atoms with Crippen LogP contribution in [-0.4, -0.2) is 40.9 Å². The minimum absolute atomic E-state index is 0.165. The minimum Gasteiger partial charge on any atom is -0.389 e. The fourth-order valence-corrected chi connectivity index (χ4v) is 3.85. The Labute approximate surface area is 187 Å². The van der Waals surface area contributed by atoms with Gasteiger partial charge in [-0.05, 0) is 34.2 Å². The second-order valence-corrected chi connectivity index (χ2v) is 9.34. The molecule has 0 unspecified atom stereocenters. The largest absolute Gasteiger partial charge is 0.389 e. The first-order valence-corrected chi connectivity index (χ1v) is 11.0. The van der Waals surface area contributed by atoms with Crippen LogP contribution in [0.25, 0.3) is 0 Å². The van der Waals surface area contributed by atoms with E-state index < -0.39 is 6.10 Å². The first-order valence-electron chi connectivity index (χ1n) is 11.0. The maximum Gasteiger partial charge on any atom is 0.0900 e. The lowest BCUT2D eigenvalue weighted by molar-refractivity contribution is 0.0333. The Morgan fingerprint density at radius 3 is 2.26 bits per heavy atom. The fourth-order valence-electron chi connectivity index (χ4n) is 3.85. The fraction of sp³-hybridized carbons (Fsp3) is 0.407. The molecule has 2 aromatic carbocycles. The standard InChI is InChI=1S/C27H36N2O2/c1-27(2,3)24-14-12-23(13-15-24)18-29-16-8-11-25(29)19-28(20-26(30)21-31-4)17-22-9-6-5-7-10-22/h5-16,26,30H,17-21H2,1-4H3/t26-/m1/s1. The molecule has 0 aliphatic carbocycles. The Kier molecular flexibility index (Phi) is 8.08. The summed E-state index contributed by atoms with van der Waals surface area (Å²) in [6, 6.07) is 23.6. The molecule has 4 nitrogen and oxygen atoms in total. The average molecular weight is 421 g/mol. The second kappa shape index (κ2) is 10.8. The summed E-state index contributed by atoms with van der Waals surface area (Å²) >= 11 is 0. The first kappa shape index (κ1) is 23.3. The van der Waals surface area contributed by atoms with Crippen LogP contribution in [0.3, 0.4) is 0 Å². The van der Waals surface area contributed by atoms with E-state index in [4.69, 9.17) is 4.74 Å². The van der Waals surface area contributed by atoms with Crippen LogP contribution in [0.4, 0.5) is 0 Å². The molecule has 3 aromatic rings. The van der Waals surface area contributed by atoms with Crippen LogP contribution in [0, 0.1) is 0 Å². The Hall–Kier alpha value is -2.40. The van der Waals surface area contributed by atoms with Gasteiger partial charge in [0.15, 0.2) is 0 Å². The maximum atomic E-state index is 10.3. The highest BCUT2D eigenvalue weighted by atomic mass is 16.5. The van der Waals surface area contributed by atoms with Crippen LogP contribution in [-0.2, 0) is 29.8 Å². The predicted molar refractivity (Wildman–Crippen MR) is 127 cm³/mol. The zero-order valence-corrected chi connectivity index (χ0v) is 19.3. The van der Waals surface area contributed by atoms with Crippen molar-refractivity contribution in [3.8, 4) is 0 Å². The van der Waals surface area contributed by atoms with Gasteiger partial charge in [0.1, 0.15) is 0 Å². The van der Waals surface area contributed by atoms with Crippen LogP contribution in [0.1, 0.15) is 43.2 Å². The summed E-state index contributed by atoms with van der Waals surface area (Å²) in [5, 5.41) is 10.3. The molecule has 0 fully saturated rings. The Balaban J connectivity index is 1.72. The van der Waals surface area contributed by atoms with Crippen LogP contribution in [0.15, 0.2) is 72.9 Å². The highest BCUT2D eigenvalue weighted by Gasteiger charge is 2.16. The van der Waals surface area contributed by atoms with Crippen LogP contribution < -0.4 is 0 Å². The van der Waals surface area contributed by atoms with Crippen molar-refractivity contribution in [3.05, 3.63) is 95.3 Å². The van der Waals surface area contributed by atoms with Crippen molar-refractivity contribution in [1.82, 2.24) is 9.47 Å². The number of aliphatic hydroxyl groups is 1. The molecule has 0 amide bonds. The molecule has 0 saturated carbocycles. The summed E-state index contributed by atoms with van der Waals surface area (Å²) in [5.41, 5.74) is 5.28. The topological polar surface area (TPSA) is 37.6 Å². The molecule has 1 heterocycles. The molecule has 3 rings (SSSR count). The second-order valence-electron chi connectivity index (χ2n) is 9.34. The van der Waals surface area contributed by atoms with Gasteiger partial charge in [0.25, 0.3) is 0 Å². The van der Waals surface area contributed by atoms with E-state index in [0.717, 1.165) is 19.6 Å². The van der Waals surface area contributed by atoms with Crippen LogP contribution in [0.2, 0.25) is 0 Å². The van der Waals surface area contributed by atoms with Crippen molar-refractivity contribution in [2.24, 2.45) is 0 Å². The number of aliphatic hydroxyl groups excluding tert-OH is 1. The van der Waals surface area contributed by atoms with Crippen molar-refractivity contribution in [2.75, 3.05) is 20.3 Å². The van der Waals surface area contributed by atoms with E-state index in [0.29, 0.717) is 13.2 Å². The van der Waals surface area contributed by atoms with Crippen LogP contribution in [0.5, 0.6) is 0 Å². The van der Waals surface area contributed by atoms with Gasteiger partial charge in [0.05, 0.1) is 12.7 Å². The molecule has 1 N–H and O–H groups in total. The normalized spacial score (nSPS) is 13.0. The van der Waals surface area contributed by atoms with E-state index in [-0.39, 0.29) is 5.41 Å². The molecule has 166 valence electrons. The zero-order valence-electron chi connectivity index (χ0n) is 19.3. The van der Waals surface area contributed by atoms with E-state index in [1.165, 1.54) is 22.4 Å². The lowest BCUT2D eigenvalue weighted by atomic mass is 9.87. The third-order valence-corrected chi connectivity index (χ3v) is 5.56. The van der Waals surface area contributed by atoms with Crippen LogP contribution >= 0.6 is 0 Å². The minimum atomic E-state index is -0.512. The molecule has 4 heteroatoms. The van der Waals surface area contributed by atoms with Crippen molar-refractivity contribution >= 4 is 0 Å². The third kappa shape index (κ3) is 7.06. The summed E-state index contributed by atoms with van der Waals surface area (Å²) in [6.07, 6.45) is 1.63. The van der Waals surface area contributed by atoms with Gasteiger partial charge in [-0.3, -0.25) is 4.90 Å². The van der Waals surface area contributed by atoms with Gasteiger partial charge < -0.3 is 14.4 Å². The number of rotatable bonds is 10. The molecular weight excluding hydrogens is 384 g/mol. The number of nitrogens with zero attached hydrogens (tertiary/aromatic N) is 2. The quantitative estimate of drug-likeness (QED) is 0.510. The van der Waals surface area contributed by atoms with Gasteiger partial charge in [-0.15, -0.1) is 0 Å². The number of hydrogen-bond acceptors (Lipinski definition) is 3. The highest BCUT2D eigenvalue weighted by molar-refractivity contribution is 5.28. The monoisotopic (exact) mass is 420 g/mol. The summed E-state index contributed by atoms with van der Waals surface area (Å²) in [7, 11) is 1.63. The first-order chi connectivity index (χ1) is 14.8. The van der Waals surface area contributed by atoms with Gasteiger partial charge in [-0.2, -0.15) is 0 Å². The van der Waals surface area contributed by atoms with Crippen molar-refractivity contribution in [1.29, 1.82) is 0 Å². The zero-order chi connectivity index (χ0) is 22.3. The summed E-state index contributed by atoms with van der Waals surface area (Å²) in [6.45, 7) is 10.0. The predicted octanol–water partition coefficient (Wildman–Crippen LogP) is 4.84. The molecule has 0 saturated heterocycles. The molecule has 1 atom stereocenters. The molecular formula is C27H36N2O2. The third-order valence-electron chi connectivity index (χ3n) is 5.56.